The number of furan rings is 1. The number of hydrogen-bond donors (Lipinski definition) is 1. The summed E-state index contributed by atoms with van der Waals surface area (Å²) in [6.07, 6.45) is 1.46. The smallest absolute Gasteiger partial charge is 0.266 e. The molecule has 25 heavy (non-hydrogen) atoms. The molecule has 0 radical (unpaired) electrons. The molecular weight excluding hydrogens is 314 g/mol. The second-order valence-corrected chi connectivity index (χ2v) is 5.77. The van der Waals surface area contributed by atoms with E-state index in [0.717, 1.165) is 30.1 Å². The van der Waals surface area contributed by atoms with Gasteiger partial charge in [0.1, 0.15) is 17.4 Å². The van der Waals surface area contributed by atoms with Gasteiger partial charge in [0.2, 0.25) is 0 Å². The molecule has 0 fully saturated rings. The zero-order valence-corrected chi connectivity index (χ0v) is 15.1. The normalized spacial score (nSPS) is 11.1. The van der Waals surface area contributed by atoms with Crippen molar-refractivity contribution in [2.24, 2.45) is 0 Å². The molecule has 5 nitrogen and oxygen atoms in total. The molecule has 1 heterocycles. The highest BCUT2D eigenvalue weighted by atomic mass is 16.4. The molecule has 1 aromatic heterocycles. The van der Waals surface area contributed by atoms with E-state index in [4.69, 9.17) is 4.42 Å². The molecule has 1 N–H and O–H groups in total. The predicted molar refractivity (Wildman–Crippen MR) is 100 cm³/mol. The van der Waals surface area contributed by atoms with Gasteiger partial charge in [0.25, 0.3) is 5.91 Å². The van der Waals surface area contributed by atoms with E-state index >= 15 is 0 Å². The molecule has 0 spiro atoms. The third kappa shape index (κ3) is 4.51. The monoisotopic (exact) mass is 337 g/mol. The van der Waals surface area contributed by atoms with Gasteiger partial charge in [0, 0.05) is 30.9 Å². The van der Waals surface area contributed by atoms with E-state index < -0.39 is 5.91 Å². The van der Waals surface area contributed by atoms with E-state index in [1.165, 1.54) is 6.08 Å². The summed E-state index contributed by atoms with van der Waals surface area (Å²) in [6, 6.07) is 11.2. The number of benzene rings is 1. The molecule has 1 amide bonds. The molecule has 0 aliphatic carbocycles. The van der Waals surface area contributed by atoms with Crippen LogP contribution in [0.25, 0.3) is 6.08 Å². The van der Waals surface area contributed by atoms with Crippen molar-refractivity contribution in [2.75, 3.05) is 23.3 Å². The van der Waals surface area contributed by atoms with Crippen LogP contribution in [0.5, 0.6) is 0 Å². The van der Waals surface area contributed by atoms with Gasteiger partial charge in [-0.25, -0.2) is 0 Å². The minimum absolute atomic E-state index is 0.00123. The third-order valence-corrected chi connectivity index (χ3v) is 4.10. The maximum Gasteiger partial charge on any atom is 0.266 e. The lowest BCUT2D eigenvalue weighted by Gasteiger charge is -2.16. The van der Waals surface area contributed by atoms with Gasteiger partial charge in [-0.1, -0.05) is 6.07 Å². The lowest BCUT2D eigenvalue weighted by Crippen LogP contribution is -2.20. The van der Waals surface area contributed by atoms with Gasteiger partial charge >= 0.3 is 0 Å². The van der Waals surface area contributed by atoms with E-state index in [1.807, 2.05) is 58.0 Å². The standard InChI is InChI=1S/C20H23N3O2/c1-5-23(6-2)19-10-9-18(25-19)12-16(13-21)20(24)22-17-8-7-14(3)15(4)11-17/h7-12H,5-6H2,1-4H3,(H,22,24). The number of nitrogens with one attached hydrogen (secondary N) is 1. The van der Waals surface area contributed by atoms with Crippen LogP contribution in [0, 0.1) is 25.2 Å². The number of hydrogen-bond acceptors (Lipinski definition) is 4. The van der Waals surface area contributed by atoms with Crippen molar-refractivity contribution in [3.05, 3.63) is 52.8 Å². The van der Waals surface area contributed by atoms with E-state index in [0.29, 0.717) is 11.4 Å². The first kappa shape index (κ1) is 18.3. The lowest BCUT2D eigenvalue weighted by atomic mass is 10.1. The summed E-state index contributed by atoms with van der Waals surface area (Å²) in [7, 11) is 0. The fourth-order valence-corrected chi connectivity index (χ4v) is 2.43. The van der Waals surface area contributed by atoms with Crippen LogP contribution >= 0.6 is 0 Å². The van der Waals surface area contributed by atoms with Crippen LogP contribution in [0.3, 0.4) is 0 Å². The quantitative estimate of drug-likeness (QED) is 0.630. The molecule has 0 aliphatic rings. The Morgan fingerprint density at radius 2 is 1.92 bits per heavy atom. The molecule has 130 valence electrons. The van der Waals surface area contributed by atoms with Crippen molar-refractivity contribution in [3.63, 3.8) is 0 Å². The summed E-state index contributed by atoms with van der Waals surface area (Å²) >= 11 is 0. The number of aryl methyl sites for hydroxylation is 2. The van der Waals surface area contributed by atoms with Crippen LogP contribution in [0.15, 0.2) is 40.3 Å². The lowest BCUT2D eigenvalue weighted by molar-refractivity contribution is -0.112. The van der Waals surface area contributed by atoms with Crippen LogP contribution in [0.1, 0.15) is 30.7 Å². The van der Waals surface area contributed by atoms with Crippen LogP contribution in [-0.2, 0) is 4.79 Å². The van der Waals surface area contributed by atoms with Crippen molar-refractivity contribution in [2.45, 2.75) is 27.7 Å². The topological polar surface area (TPSA) is 69.3 Å². The number of amides is 1. The van der Waals surface area contributed by atoms with Crippen LogP contribution in [0.4, 0.5) is 11.6 Å². The molecule has 0 atom stereocenters. The maximum atomic E-state index is 12.3. The summed E-state index contributed by atoms with van der Waals surface area (Å²) < 4.78 is 5.71. The fraction of sp³-hybridized carbons (Fsp3) is 0.300. The number of rotatable bonds is 6. The Morgan fingerprint density at radius 1 is 1.20 bits per heavy atom. The average molecular weight is 337 g/mol. The molecular formula is C20H23N3O2. The van der Waals surface area contributed by atoms with Crippen molar-refractivity contribution >= 4 is 23.6 Å². The Bertz CT molecular complexity index is 824. The molecule has 0 saturated heterocycles. The van der Waals surface area contributed by atoms with Crippen molar-refractivity contribution in [1.29, 1.82) is 5.26 Å². The molecule has 0 saturated carbocycles. The minimum atomic E-state index is -0.452. The number of anilines is 2. The predicted octanol–water partition coefficient (Wildman–Crippen LogP) is 4.29. The third-order valence-electron chi connectivity index (χ3n) is 4.10. The second kappa shape index (κ2) is 8.20. The molecule has 0 aliphatic heterocycles. The zero-order chi connectivity index (χ0) is 18.4. The Kier molecular flexibility index (Phi) is 6.02. The van der Waals surface area contributed by atoms with Crippen molar-refractivity contribution in [1.82, 2.24) is 0 Å². The van der Waals surface area contributed by atoms with Crippen LogP contribution in [0.2, 0.25) is 0 Å². The van der Waals surface area contributed by atoms with Crippen LogP contribution < -0.4 is 10.2 Å². The van der Waals surface area contributed by atoms with Gasteiger partial charge in [0.05, 0.1) is 0 Å². The fourth-order valence-electron chi connectivity index (χ4n) is 2.43. The van der Waals surface area contributed by atoms with E-state index in [-0.39, 0.29) is 5.57 Å². The first-order chi connectivity index (χ1) is 12.0. The molecule has 2 rings (SSSR count). The number of carbonyl (C=O) groups excluding carboxylic acids is 1. The van der Waals surface area contributed by atoms with E-state index in [2.05, 4.69) is 10.2 Å². The van der Waals surface area contributed by atoms with Gasteiger partial charge in [0.15, 0.2) is 5.88 Å². The summed E-state index contributed by atoms with van der Waals surface area (Å²) in [5.74, 6) is 0.753. The van der Waals surface area contributed by atoms with E-state index in [1.54, 1.807) is 6.07 Å². The highest BCUT2D eigenvalue weighted by Crippen LogP contribution is 2.21. The molecule has 2 aromatic rings. The van der Waals surface area contributed by atoms with Crippen LogP contribution in [-0.4, -0.2) is 19.0 Å². The molecule has 0 unspecified atom stereocenters. The maximum absolute atomic E-state index is 12.3. The molecule has 0 bridgehead atoms. The van der Waals surface area contributed by atoms with Crippen molar-refractivity contribution in [3.8, 4) is 6.07 Å². The Morgan fingerprint density at radius 3 is 2.52 bits per heavy atom. The largest absolute Gasteiger partial charge is 0.441 e. The zero-order valence-electron chi connectivity index (χ0n) is 15.1. The minimum Gasteiger partial charge on any atom is -0.441 e. The summed E-state index contributed by atoms with van der Waals surface area (Å²) in [4.78, 5) is 14.4. The first-order valence-electron chi connectivity index (χ1n) is 8.33. The van der Waals surface area contributed by atoms with Gasteiger partial charge in [-0.05, 0) is 57.0 Å². The number of nitriles is 1. The summed E-state index contributed by atoms with van der Waals surface area (Å²) in [6.45, 7) is 9.71. The first-order valence-corrected chi connectivity index (χ1v) is 8.33. The number of nitrogens with zero attached hydrogens (tertiary/aromatic N) is 2. The highest BCUT2D eigenvalue weighted by molar-refractivity contribution is 6.09. The van der Waals surface area contributed by atoms with Gasteiger partial charge in [-0.2, -0.15) is 5.26 Å². The SMILES string of the molecule is CCN(CC)c1ccc(C=C(C#N)C(=O)Nc2ccc(C)c(C)c2)o1. The summed E-state index contributed by atoms with van der Waals surface area (Å²) in [5.41, 5.74) is 2.89. The second-order valence-electron chi connectivity index (χ2n) is 5.77. The van der Waals surface area contributed by atoms with Crippen molar-refractivity contribution < 1.29 is 9.21 Å². The number of carbonyl (C=O) groups is 1. The molecule has 1 aromatic carbocycles. The Balaban J connectivity index is 2.18. The van der Waals surface area contributed by atoms with Gasteiger partial charge < -0.3 is 14.6 Å². The Hall–Kier alpha value is -3.00. The molecule has 5 heteroatoms. The highest BCUT2D eigenvalue weighted by Gasteiger charge is 2.12. The average Bonchev–Trinajstić information content (AvgIpc) is 3.05. The van der Waals surface area contributed by atoms with Gasteiger partial charge in [-0.3, -0.25) is 4.79 Å². The Labute approximate surface area is 148 Å². The van der Waals surface area contributed by atoms with E-state index in [9.17, 15) is 10.1 Å². The van der Waals surface area contributed by atoms with Gasteiger partial charge in [-0.15, -0.1) is 0 Å². The summed E-state index contributed by atoms with van der Waals surface area (Å²) in [5, 5.41) is 12.1.